The maximum Gasteiger partial charge on any atom is 0.265 e. The van der Waals surface area contributed by atoms with Gasteiger partial charge in [-0.15, -0.1) is 11.3 Å². The molecule has 1 heterocycles. The van der Waals surface area contributed by atoms with E-state index in [0.717, 1.165) is 3.79 Å². The van der Waals surface area contributed by atoms with E-state index in [-0.39, 0.29) is 11.6 Å². The fourth-order valence-corrected chi connectivity index (χ4v) is 2.53. The highest BCUT2D eigenvalue weighted by atomic mass is 79.9. The molecule has 0 aliphatic heterocycles. The standard InChI is InChI=1S/C11H8BrFN2OS/c12-10-4-3-9(17-10)11(16)15-6-1-2-7(13)8(14)5-6/h1-5H,14H2,(H,15,16). The van der Waals surface area contributed by atoms with Gasteiger partial charge in [-0.2, -0.15) is 0 Å². The van der Waals surface area contributed by atoms with Crippen molar-refractivity contribution in [2.24, 2.45) is 0 Å². The number of nitrogens with one attached hydrogen (secondary N) is 1. The number of carbonyl (C=O) groups is 1. The minimum Gasteiger partial charge on any atom is -0.396 e. The molecule has 3 nitrogen and oxygen atoms in total. The number of carbonyl (C=O) groups excluding carboxylic acids is 1. The van der Waals surface area contributed by atoms with Crippen LogP contribution in [0.25, 0.3) is 0 Å². The summed E-state index contributed by atoms with van der Waals surface area (Å²) in [6.07, 6.45) is 0. The monoisotopic (exact) mass is 314 g/mol. The normalized spacial score (nSPS) is 10.2. The van der Waals surface area contributed by atoms with Gasteiger partial charge >= 0.3 is 0 Å². The fraction of sp³-hybridized carbons (Fsp3) is 0. The number of nitrogens with two attached hydrogens (primary N) is 1. The Balaban J connectivity index is 2.15. The van der Waals surface area contributed by atoms with Gasteiger partial charge in [0.25, 0.3) is 5.91 Å². The van der Waals surface area contributed by atoms with Crippen LogP contribution >= 0.6 is 27.3 Å². The third-order valence-corrected chi connectivity index (χ3v) is 3.67. The van der Waals surface area contributed by atoms with Crippen molar-refractivity contribution in [2.75, 3.05) is 11.1 Å². The molecule has 88 valence electrons. The highest BCUT2D eigenvalue weighted by Gasteiger charge is 2.09. The molecule has 1 aromatic heterocycles. The molecular formula is C11H8BrFN2OS. The number of halogens is 2. The summed E-state index contributed by atoms with van der Waals surface area (Å²) in [5.74, 6) is -0.742. The van der Waals surface area contributed by atoms with Crippen LogP contribution in [0, 0.1) is 5.82 Å². The molecule has 2 aromatic rings. The summed E-state index contributed by atoms with van der Waals surface area (Å²) in [5.41, 5.74) is 5.89. The van der Waals surface area contributed by atoms with Crippen LogP contribution in [-0.2, 0) is 0 Å². The van der Waals surface area contributed by atoms with Gasteiger partial charge in [-0.1, -0.05) is 0 Å². The van der Waals surface area contributed by atoms with Gasteiger partial charge < -0.3 is 11.1 Å². The van der Waals surface area contributed by atoms with Crippen molar-refractivity contribution in [1.82, 2.24) is 0 Å². The Hall–Kier alpha value is -1.40. The number of anilines is 2. The van der Waals surface area contributed by atoms with E-state index in [1.807, 2.05) is 0 Å². The predicted molar refractivity (Wildman–Crippen MR) is 70.8 cm³/mol. The number of rotatable bonds is 2. The molecule has 2 rings (SSSR count). The average molecular weight is 315 g/mol. The molecule has 0 saturated carbocycles. The van der Waals surface area contributed by atoms with Crippen LogP contribution in [0.1, 0.15) is 9.67 Å². The summed E-state index contributed by atoms with van der Waals surface area (Å²) >= 11 is 4.60. The van der Waals surface area contributed by atoms with Gasteiger partial charge in [-0.25, -0.2) is 4.39 Å². The van der Waals surface area contributed by atoms with Gasteiger partial charge in [0, 0.05) is 5.69 Å². The Kier molecular flexibility index (Phi) is 3.44. The Morgan fingerprint density at radius 3 is 2.71 bits per heavy atom. The van der Waals surface area contributed by atoms with Gasteiger partial charge in [0.2, 0.25) is 0 Å². The Morgan fingerprint density at radius 1 is 1.35 bits per heavy atom. The van der Waals surface area contributed by atoms with Crippen LogP contribution in [-0.4, -0.2) is 5.91 Å². The smallest absolute Gasteiger partial charge is 0.265 e. The molecule has 0 spiro atoms. The van der Waals surface area contributed by atoms with Gasteiger partial charge in [-0.3, -0.25) is 4.79 Å². The predicted octanol–water partition coefficient (Wildman–Crippen LogP) is 3.48. The average Bonchev–Trinajstić information content (AvgIpc) is 2.70. The molecule has 6 heteroatoms. The highest BCUT2D eigenvalue weighted by molar-refractivity contribution is 9.11. The molecule has 0 aliphatic carbocycles. The van der Waals surface area contributed by atoms with Gasteiger partial charge in [-0.05, 0) is 46.3 Å². The van der Waals surface area contributed by atoms with E-state index in [1.54, 1.807) is 12.1 Å². The first-order valence-corrected chi connectivity index (χ1v) is 6.29. The number of amides is 1. The first-order valence-electron chi connectivity index (χ1n) is 4.68. The van der Waals surface area contributed by atoms with E-state index < -0.39 is 5.82 Å². The second-order valence-corrected chi connectivity index (χ2v) is 5.76. The van der Waals surface area contributed by atoms with Crippen molar-refractivity contribution < 1.29 is 9.18 Å². The molecule has 0 aliphatic rings. The van der Waals surface area contributed by atoms with E-state index in [1.165, 1.54) is 29.5 Å². The zero-order valence-corrected chi connectivity index (χ0v) is 10.9. The molecule has 0 saturated heterocycles. The molecule has 0 fully saturated rings. The van der Waals surface area contributed by atoms with Crippen molar-refractivity contribution in [1.29, 1.82) is 0 Å². The zero-order chi connectivity index (χ0) is 12.4. The first-order chi connectivity index (χ1) is 8.06. The number of thiophene rings is 1. The summed E-state index contributed by atoms with van der Waals surface area (Å²) in [7, 11) is 0. The molecule has 0 unspecified atom stereocenters. The van der Waals surface area contributed by atoms with Crippen LogP contribution in [0.2, 0.25) is 0 Å². The van der Waals surface area contributed by atoms with E-state index in [4.69, 9.17) is 5.73 Å². The number of nitrogen functional groups attached to an aromatic ring is 1. The minimum absolute atomic E-state index is 0.00941. The van der Waals surface area contributed by atoms with Gasteiger partial charge in [0.1, 0.15) is 5.82 Å². The second kappa shape index (κ2) is 4.85. The molecule has 0 bridgehead atoms. The lowest BCUT2D eigenvalue weighted by Gasteiger charge is -2.04. The Labute approximate surface area is 110 Å². The lowest BCUT2D eigenvalue weighted by atomic mass is 10.2. The zero-order valence-electron chi connectivity index (χ0n) is 8.54. The summed E-state index contributed by atoms with van der Waals surface area (Å²) in [5, 5.41) is 2.64. The van der Waals surface area contributed by atoms with Crippen LogP contribution in [0.3, 0.4) is 0 Å². The third-order valence-electron chi connectivity index (χ3n) is 2.05. The van der Waals surface area contributed by atoms with Crippen LogP contribution in [0.5, 0.6) is 0 Å². The van der Waals surface area contributed by atoms with Crippen molar-refractivity contribution >= 4 is 44.5 Å². The van der Waals surface area contributed by atoms with Crippen LogP contribution in [0.15, 0.2) is 34.1 Å². The molecule has 0 atom stereocenters. The second-order valence-electron chi connectivity index (χ2n) is 3.29. The summed E-state index contributed by atoms with van der Waals surface area (Å²) in [6, 6.07) is 7.56. The number of benzene rings is 1. The topological polar surface area (TPSA) is 55.1 Å². The van der Waals surface area contributed by atoms with Gasteiger partial charge in [0.05, 0.1) is 14.4 Å². The summed E-state index contributed by atoms with van der Waals surface area (Å²) in [4.78, 5) is 12.3. The molecule has 17 heavy (non-hydrogen) atoms. The molecule has 1 aromatic carbocycles. The lowest BCUT2D eigenvalue weighted by Crippen LogP contribution is -2.10. The van der Waals surface area contributed by atoms with E-state index in [2.05, 4.69) is 21.2 Å². The maximum atomic E-state index is 12.9. The Morgan fingerprint density at radius 2 is 2.12 bits per heavy atom. The van der Waals surface area contributed by atoms with Crippen molar-refractivity contribution in [2.45, 2.75) is 0 Å². The van der Waals surface area contributed by atoms with E-state index in [0.29, 0.717) is 10.6 Å². The first kappa shape index (κ1) is 12.1. The number of hydrogen-bond donors (Lipinski definition) is 2. The third kappa shape index (κ3) is 2.83. The summed E-state index contributed by atoms with van der Waals surface area (Å²) < 4.78 is 13.8. The Bertz CT molecular complexity index is 570. The number of hydrogen-bond acceptors (Lipinski definition) is 3. The summed E-state index contributed by atoms with van der Waals surface area (Å²) in [6.45, 7) is 0. The van der Waals surface area contributed by atoms with E-state index in [9.17, 15) is 9.18 Å². The quantitative estimate of drug-likeness (QED) is 0.834. The van der Waals surface area contributed by atoms with Gasteiger partial charge in [0.15, 0.2) is 0 Å². The van der Waals surface area contributed by atoms with Crippen molar-refractivity contribution in [3.8, 4) is 0 Å². The fourth-order valence-electron chi connectivity index (χ4n) is 1.25. The largest absolute Gasteiger partial charge is 0.396 e. The SMILES string of the molecule is Nc1cc(NC(=O)c2ccc(Br)s2)ccc1F. The molecular weight excluding hydrogens is 307 g/mol. The molecule has 0 radical (unpaired) electrons. The molecule has 3 N–H and O–H groups in total. The molecule has 1 amide bonds. The van der Waals surface area contributed by atoms with Crippen LogP contribution < -0.4 is 11.1 Å². The van der Waals surface area contributed by atoms with Crippen molar-refractivity contribution in [3.05, 3.63) is 44.8 Å². The highest BCUT2D eigenvalue weighted by Crippen LogP contribution is 2.23. The lowest BCUT2D eigenvalue weighted by molar-refractivity contribution is 0.103. The van der Waals surface area contributed by atoms with E-state index >= 15 is 0 Å². The van der Waals surface area contributed by atoms with Crippen LogP contribution in [0.4, 0.5) is 15.8 Å². The maximum absolute atomic E-state index is 12.9. The minimum atomic E-state index is -0.498. The van der Waals surface area contributed by atoms with Crippen molar-refractivity contribution in [3.63, 3.8) is 0 Å².